The lowest BCUT2D eigenvalue weighted by Gasteiger charge is -2.10. The maximum absolute atomic E-state index is 6.10. The molecular weight excluding hydrogens is 260 g/mol. The van der Waals surface area contributed by atoms with Gasteiger partial charge in [0.15, 0.2) is 0 Å². The zero-order chi connectivity index (χ0) is 13.2. The van der Waals surface area contributed by atoms with Crippen LogP contribution in [-0.2, 0) is 6.54 Å². The molecule has 0 unspecified atom stereocenters. The molecule has 0 aliphatic carbocycles. The second kappa shape index (κ2) is 4.99. The van der Waals surface area contributed by atoms with Gasteiger partial charge in [0.2, 0.25) is 0 Å². The monoisotopic (exact) mass is 272 g/mol. The number of fused-ring (bicyclic) bond motifs is 1. The van der Waals surface area contributed by atoms with Gasteiger partial charge in [-0.3, -0.25) is 0 Å². The van der Waals surface area contributed by atoms with Crippen molar-refractivity contribution < 1.29 is 0 Å². The van der Waals surface area contributed by atoms with Crippen LogP contribution in [0, 0.1) is 0 Å². The van der Waals surface area contributed by atoms with Crippen molar-refractivity contribution in [3.05, 3.63) is 53.1 Å². The van der Waals surface area contributed by atoms with Crippen LogP contribution in [-0.4, -0.2) is 22.0 Å². The van der Waals surface area contributed by atoms with Crippen LogP contribution in [0.1, 0.15) is 5.56 Å². The maximum Gasteiger partial charge on any atom is 0.113 e. The summed E-state index contributed by atoms with van der Waals surface area (Å²) in [5.74, 6) is 0. The van der Waals surface area contributed by atoms with E-state index >= 15 is 0 Å². The average Bonchev–Trinajstić information content (AvgIpc) is 2.85. The Labute approximate surface area is 116 Å². The molecule has 5 heteroatoms. The standard InChI is InChI=1S/C14H13ClN4/c1-16-9-10-6-7-11(15)8-14(10)19-13-5-3-2-4-12(13)17-18-19/h2-8,16H,9H2,1H3. The first kappa shape index (κ1) is 12.1. The van der Waals surface area contributed by atoms with Gasteiger partial charge in [0.1, 0.15) is 5.52 Å². The van der Waals surface area contributed by atoms with Gasteiger partial charge in [0.25, 0.3) is 0 Å². The summed E-state index contributed by atoms with van der Waals surface area (Å²) in [5, 5.41) is 12.2. The van der Waals surface area contributed by atoms with Crippen molar-refractivity contribution >= 4 is 22.6 Å². The van der Waals surface area contributed by atoms with Crippen molar-refractivity contribution in [2.24, 2.45) is 0 Å². The topological polar surface area (TPSA) is 42.7 Å². The molecule has 0 bridgehead atoms. The molecule has 0 radical (unpaired) electrons. The average molecular weight is 273 g/mol. The third-order valence-electron chi connectivity index (χ3n) is 2.99. The summed E-state index contributed by atoms with van der Waals surface area (Å²) in [7, 11) is 1.91. The van der Waals surface area contributed by atoms with Crippen molar-refractivity contribution in [2.75, 3.05) is 7.05 Å². The molecule has 96 valence electrons. The van der Waals surface area contributed by atoms with Gasteiger partial charge < -0.3 is 5.32 Å². The van der Waals surface area contributed by atoms with E-state index in [1.165, 1.54) is 0 Å². The normalized spacial score (nSPS) is 11.1. The molecule has 1 N–H and O–H groups in total. The minimum absolute atomic E-state index is 0.689. The van der Waals surface area contributed by atoms with Gasteiger partial charge in [-0.2, -0.15) is 0 Å². The van der Waals surface area contributed by atoms with Crippen LogP contribution in [0.4, 0.5) is 0 Å². The number of aromatic nitrogens is 3. The number of benzene rings is 2. The van der Waals surface area contributed by atoms with Gasteiger partial charge >= 0.3 is 0 Å². The van der Waals surface area contributed by atoms with Crippen molar-refractivity contribution in [3.8, 4) is 5.69 Å². The Morgan fingerprint density at radius 1 is 1.21 bits per heavy atom. The maximum atomic E-state index is 6.10. The quantitative estimate of drug-likeness (QED) is 0.797. The van der Waals surface area contributed by atoms with Crippen molar-refractivity contribution in [1.29, 1.82) is 0 Å². The molecule has 3 rings (SSSR count). The lowest BCUT2D eigenvalue weighted by atomic mass is 10.1. The van der Waals surface area contributed by atoms with Crippen LogP contribution in [0.25, 0.3) is 16.7 Å². The predicted molar refractivity (Wildman–Crippen MR) is 76.6 cm³/mol. The van der Waals surface area contributed by atoms with E-state index in [9.17, 15) is 0 Å². The molecular formula is C14H13ClN4. The van der Waals surface area contributed by atoms with E-state index in [-0.39, 0.29) is 0 Å². The predicted octanol–water partition coefficient (Wildman–Crippen LogP) is 2.79. The molecule has 0 aliphatic heterocycles. The zero-order valence-electron chi connectivity index (χ0n) is 10.5. The molecule has 1 heterocycles. The highest BCUT2D eigenvalue weighted by molar-refractivity contribution is 6.30. The van der Waals surface area contributed by atoms with Crippen molar-refractivity contribution in [2.45, 2.75) is 6.54 Å². The SMILES string of the molecule is CNCc1ccc(Cl)cc1-n1nnc2ccccc21. The third-order valence-corrected chi connectivity index (χ3v) is 3.23. The smallest absolute Gasteiger partial charge is 0.113 e. The molecule has 3 aromatic rings. The molecule has 2 aromatic carbocycles. The number of para-hydroxylation sites is 1. The van der Waals surface area contributed by atoms with E-state index in [0.29, 0.717) is 5.02 Å². The summed E-state index contributed by atoms with van der Waals surface area (Å²) < 4.78 is 1.83. The number of hydrogen-bond donors (Lipinski definition) is 1. The Morgan fingerprint density at radius 2 is 2.05 bits per heavy atom. The molecule has 0 spiro atoms. The Balaban J connectivity index is 2.23. The highest BCUT2D eigenvalue weighted by Crippen LogP contribution is 2.23. The van der Waals surface area contributed by atoms with Crippen LogP contribution in [0.5, 0.6) is 0 Å². The Morgan fingerprint density at radius 3 is 2.89 bits per heavy atom. The first-order valence-corrected chi connectivity index (χ1v) is 6.41. The fourth-order valence-corrected chi connectivity index (χ4v) is 2.29. The lowest BCUT2D eigenvalue weighted by molar-refractivity contribution is 0.775. The number of halogens is 1. The molecule has 0 atom stereocenters. The van der Waals surface area contributed by atoms with Gasteiger partial charge in [-0.15, -0.1) is 5.10 Å². The third kappa shape index (κ3) is 2.20. The summed E-state index contributed by atoms with van der Waals surface area (Å²) in [6.07, 6.45) is 0. The molecule has 0 aliphatic rings. The van der Waals surface area contributed by atoms with Crippen LogP contribution in [0.15, 0.2) is 42.5 Å². The molecule has 4 nitrogen and oxygen atoms in total. The summed E-state index contributed by atoms with van der Waals surface area (Å²) >= 11 is 6.10. The van der Waals surface area contributed by atoms with Gasteiger partial charge in [0.05, 0.1) is 11.2 Å². The summed E-state index contributed by atoms with van der Waals surface area (Å²) in [4.78, 5) is 0. The van der Waals surface area contributed by atoms with Gasteiger partial charge in [0, 0.05) is 11.6 Å². The Bertz CT molecular complexity index is 720. The largest absolute Gasteiger partial charge is 0.316 e. The van der Waals surface area contributed by atoms with E-state index in [4.69, 9.17) is 11.6 Å². The van der Waals surface area contributed by atoms with Crippen LogP contribution in [0.2, 0.25) is 5.02 Å². The highest BCUT2D eigenvalue weighted by atomic mass is 35.5. The molecule has 0 amide bonds. The van der Waals surface area contributed by atoms with Crippen LogP contribution < -0.4 is 5.32 Å². The van der Waals surface area contributed by atoms with E-state index < -0.39 is 0 Å². The first-order valence-electron chi connectivity index (χ1n) is 6.03. The van der Waals surface area contributed by atoms with Gasteiger partial charge in [-0.05, 0) is 36.9 Å². The summed E-state index contributed by atoms with van der Waals surface area (Å²) in [6, 6.07) is 13.7. The van der Waals surface area contributed by atoms with Crippen LogP contribution in [0.3, 0.4) is 0 Å². The lowest BCUT2D eigenvalue weighted by Crippen LogP contribution is -2.09. The Hall–Kier alpha value is -1.91. The fourth-order valence-electron chi connectivity index (χ4n) is 2.12. The Kier molecular flexibility index (Phi) is 3.19. The van der Waals surface area contributed by atoms with Gasteiger partial charge in [-0.1, -0.05) is 35.0 Å². The molecule has 0 saturated carbocycles. The van der Waals surface area contributed by atoms with Crippen molar-refractivity contribution in [1.82, 2.24) is 20.3 Å². The minimum atomic E-state index is 0.689. The number of hydrogen-bond acceptors (Lipinski definition) is 3. The molecule has 0 fully saturated rings. The molecule has 0 saturated heterocycles. The second-order valence-corrected chi connectivity index (χ2v) is 4.73. The van der Waals surface area contributed by atoms with Gasteiger partial charge in [-0.25, -0.2) is 4.68 Å². The zero-order valence-corrected chi connectivity index (χ0v) is 11.2. The second-order valence-electron chi connectivity index (χ2n) is 4.29. The van der Waals surface area contributed by atoms with Crippen molar-refractivity contribution in [3.63, 3.8) is 0 Å². The summed E-state index contributed by atoms with van der Waals surface area (Å²) in [6.45, 7) is 0.751. The van der Waals surface area contributed by atoms with E-state index in [2.05, 4.69) is 15.6 Å². The van der Waals surface area contributed by atoms with E-state index in [1.54, 1.807) is 0 Å². The number of nitrogens with zero attached hydrogens (tertiary/aromatic N) is 3. The highest BCUT2D eigenvalue weighted by Gasteiger charge is 2.10. The number of nitrogens with one attached hydrogen (secondary N) is 1. The molecule has 19 heavy (non-hydrogen) atoms. The van der Waals surface area contributed by atoms with E-state index in [1.807, 2.05) is 54.2 Å². The molecule has 1 aromatic heterocycles. The first-order chi connectivity index (χ1) is 9.29. The number of rotatable bonds is 3. The fraction of sp³-hybridized carbons (Fsp3) is 0.143. The summed E-state index contributed by atoms with van der Waals surface area (Å²) in [5.41, 5.74) is 3.93. The van der Waals surface area contributed by atoms with E-state index in [0.717, 1.165) is 28.8 Å². The minimum Gasteiger partial charge on any atom is -0.316 e. The van der Waals surface area contributed by atoms with Crippen LogP contribution >= 0.6 is 11.6 Å².